The van der Waals surface area contributed by atoms with Crippen LogP contribution in [0.3, 0.4) is 0 Å². The number of nitrogens with zero attached hydrogens (tertiary/aromatic N) is 1. The molecule has 0 spiro atoms. The maximum Gasteiger partial charge on any atom is 0.335 e. The molecule has 1 aliphatic carbocycles. The molecule has 3 rings (SSSR count). The second-order valence-electron chi connectivity index (χ2n) is 8.24. The average molecular weight is 386 g/mol. The number of hydrogen-bond acceptors (Lipinski definition) is 3. The van der Waals surface area contributed by atoms with Crippen LogP contribution in [-0.4, -0.2) is 45.7 Å². The molecule has 1 aromatic rings. The number of carbonyl (C=O) groups excluding carboxylic acids is 1. The van der Waals surface area contributed by atoms with Gasteiger partial charge in [0.1, 0.15) is 0 Å². The van der Waals surface area contributed by atoms with E-state index in [0.29, 0.717) is 19.4 Å². The molecule has 1 saturated carbocycles. The van der Waals surface area contributed by atoms with Crippen LogP contribution in [0.15, 0.2) is 36.4 Å². The number of amides is 1. The predicted molar refractivity (Wildman–Crippen MR) is 108 cm³/mol. The van der Waals surface area contributed by atoms with Crippen molar-refractivity contribution in [1.29, 1.82) is 0 Å². The number of rotatable bonds is 9. The second-order valence-corrected chi connectivity index (χ2v) is 8.24. The Morgan fingerprint density at radius 3 is 2.61 bits per heavy atom. The van der Waals surface area contributed by atoms with Gasteiger partial charge in [0.15, 0.2) is 0 Å². The zero-order chi connectivity index (χ0) is 20.1. The monoisotopic (exact) mass is 385 g/mol. The van der Waals surface area contributed by atoms with E-state index in [1.54, 1.807) is 12.1 Å². The van der Waals surface area contributed by atoms with Crippen molar-refractivity contribution >= 4 is 11.9 Å². The van der Waals surface area contributed by atoms with Gasteiger partial charge in [0.25, 0.3) is 0 Å². The van der Waals surface area contributed by atoms with Crippen molar-refractivity contribution in [2.24, 2.45) is 5.41 Å². The molecule has 1 aromatic carbocycles. The van der Waals surface area contributed by atoms with E-state index < -0.39 is 12.1 Å². The third kappa shape index (κ3) is 4.46. The lowest BCUT2D eigenvalue weighted by atomic mass is 9.62. The maximum atomic E-state index is 12.3. The molecule has 0 bridgehead atoms. The molecule has 28 heavy (non-hydrogen) atoms. The van der Waals surface area contributed by atoms with Crippen molar-refractivity contribution in [3.05, 3.63) is 47.5 Å². The Balaban J connectivity index is 1.59. The summed E-state index contributed by atoms with van der Waals surface area (Å²) in [7, 11) is 0. The van der Waals surface area contributed by atoms with Crippen LogP contribution in [0.5, 0.6) is 0 Å². The van der Waals surface area contributed by atoms with Crippen LogP contribution in [0.25, 0.3) is 0 Å². The van der Waals surface area contributed by atoms with E-state index in [9.17, 15) is 14.7 Å². The van der Waals surface area contributed by atoms with Gasteiger partial charge >= 0.3 is 5.97 Å². The first-order valence-corrected chi connectivity index (χ1v) is 10.4. The van der Waals surface area contributed by atoms with E-state index in [2.05, 4.69) is 6.92 Å². The topological polar surface area (TPSA) is 77.8 Å². The van der Waals surface area contributed by atoms with Crippen LogP contribution in [-0.2, 0) is 11.2 Å². The molecule has 5 nitrogen and oxygen atoms in total. The Morgan fingerprint density at radius 1 is 1.32 bits per heavy atom. The summed E-state index contributed by atoms with van der Waals surface area (Å²) in [5.74, 6) is -0.782. The van der Waals surface area contributed by atoms with Crippen LogP contribution in [0.2, 0.25) is 0 Å². The van der Waals surface area contributed by atoms with Gasteiger partial charge in [-0.1, -0.05) is 44.1 Å². The Hall–Kier alpha value is -2.14. The highest BCUT2D eigenvalue weighted by molar-refractivity contribution is 5.87. The molecule has 0 aromatic heterocycles. The first-order valence-electron chi connectivity index (χ1n) is 10.4. The molecule has 2 fully saturated rings. The van der Waals surface area contributed by atoms with Crippen LogP contribution in [0.1, 0.15) is 67.8 Å². The highest BCUT2D eigenvalue weighted by atomic mass is 16.4. The lowest BCUT2D eigenvalue weighted by Crippen LogP contribution is -2.40. The van der Waals surface area contributed by atoms with E-state index in [4.69, 9.17) is 5.11 Å². The number of carbonyl (C=O) groups is 2. The highest BCUT2D eigenvalue weighted by Crippen LogP contribution is 2.48. The molecule has 152 valence electrons. The van der Waals surface area contributed by atoms with Crippen molar-refractivity contribution in [3.63, 3.8) is 0 Å². The molecular formula is C23H31NO4. The summed E-state index contributed by atoms with van der Waals surface area (Å²) in [6.07, 6.45) is 11.1. The number of aliphatic hydroxyl groups excluding tert-OH is 1. The number of likely N-dealkylation sites (tertiary alicyclic amines) is 1. The fourth-order valence-electron chi connectivity index (χ4n) is 4.57. The number of benzene rings is 1. The number of carboxylic acids is 1. The summed E-state index contributed by atoms with van der Waals surface area (Å²) < 4.78 is 0. The standard InChI is InChI=1S/C23H31NO4/c1-2-13-23(14-3-15-23)20(25)10-8-19-9-11-21(26)24(19)16-12-17-4-6-18(7-5-17)22(27)28/h4-8,10,19-20,25H,2-3,9,11-16H2,1H3,(H,27,28)/t19-,20+/m0/s1. The first-order chi connectivity index (χ1) is 13.4. The molecule has 5 heteroatoms. The van der Waals surface area contributed by atoms with E-state index in [-0.39, 0.29) is 22.9 Å². The van der Waals surface area contributed by atoms with Crippen LogP contribution >= 0.6 is 0 Å². The molecule has 2 aliphatic rings. The number of hydrogen-bond donors (Lipinski definition) is 2. The van der Waals surface area contributed by atoms with Crippen molar-refractivity contribution < 1.29 is 19.8 Å². The Morgan fingerprint density at radius 2 is 2.04 bits per heavy atom. The van der Waals surface area contributed by atoms with Gasteiger partial charge in [-0.05, 0) is 55.2 Å². The van der Waals surface area contributed by atoms with Crippen LogP contribution < -0.4 is 0 Å². The van der Waals surface area contributed by atoms with Crippen molar-refractivity contribution in [3.8, 4) is 0 Å². The van der Waals surface area contributed by atoms with Crippen LogP contribution in [0, 0.1) is 5.41 Å². The number of carboxylic acid groups (broad SMARTS) is 1. The van der Waals surface area contributed by atoms with Gasteiger partial charge in [-0.3, -0.25) is 4.79 Å². The minimum atomic E-state index is -0.933. The number of aliphatic hydroxyl groups is 1. The van der Waals surface area contributed by atoms with Crippen molar-refractivity contribution in [1.82, 2.24) is 4.90 Å². The minimum Gasteiger partial charge on any atom is -0.478 e. The fraction of sp³-hybridized carbons (Fsp3) is 0.565. The van der Waals surface area contributed by atoms with Crippen molar-refractivity contribution in [2.75, 3.05) is 6.54 Å². The Labute approximate surface area is 167 Å². The third-order valence-electron chi connectivity index (χ3n) is 6.46. The normalized spacial score (nSPS) is 22.4. The van der Waals surface area contributed by atoms with Gasteiger partial charge in [0.2, 0.25) is 5.91 Å². The molecule has 2 atom stereocenters. The van der Waals surface area contributed by atoms with Crippen molar-refractivity contribution in [2.45, 2.75) is 70.4 Å². The van der Waals surface area contributed by atoms with Gasteiger partial charge in [0, 0.05) is 13.0 Å². The van der Waals surface area contributed by atoms with Gasteiger partial charge in [-0.2, -0.15) is 0 Å². The fourth-order valence-corrected chi connectivity index (χ4v) is 4.57. The van der Waals surface area contributed by atoms with Gasteiger partial charge in [-0.15, -0.1) is 0 Å². The predicted octanol–water partition coefficient (Wildman–Crippen LogP) is 3.81. The van der Waals surface area contributed by atoms with Crippen LogP contribution in [0.4, 0.5) is 0 Å². The highest BCUT2D eigenvalue weighted by Gasteiger charge is 2.41. The largest absolute Gasteiger partial charge is 0.478 e. The van der Waals surface area contributed by atoms with Gasteiger partial charge in [0.05, 0.1) is 17.7 Å². The summed E-state index contributed by atoms with van der Waals surface area (Å²) in [6.45, 7) is 2.77. The maximum absolute atomic E-state index is 12.3. The SMILES string of the molecule is CCCC1([C@H](O)C=C[C@H]2CCC(=O)N2CCc2ccc(C(=O)O)cc2)CCC1. The number of aromatic carboxylic acids is 1. The van der Waals surface area contributed by atoms with E-state index in [0.717, 1.165) is 37.7 Å². The quantitative estimate of drug-likeness (QED) is 0.634. The summed E-state index contributed by atoms with van der Waals surface area (Å²) in [4.78, 5) is 25.2. The third-order valence-corrected chi connectivity index (χ3v) is 6.46. The molecule has 2 N–H and O–H groups in total. The van der Waals surface area contributed by atoms with Gasteiger partial charge < -0.3 is 15.1 Å². The summed E-state index contributed by atoms with van der Waals surface area (Å²) in [6, 6.07) is 6.86. The summed E-state index contributed by atoms with van der Waals surface area (Å²) in [5.41, 5.74) is 1.33. The van der Waals surface area contributed by atoms with E-state index in [1.165, 1.54) is 6.42 Å². The van der Waals surface area contributed by atoms with E-state index in [1.807, 2.05) is 29.2 Å². The molecule has 1 heterocycles. The molecule has 0 radical (unpaired) electrons. The molecule has 1 saturated heterocycles. The zero-order valence-corrected chi connectivity index (χ0v) is 16.6. The Kier molecular flexibility index (Phi) is 6.55. The lowest BCUT2D eigenvalue weighted by Gasteiger charge is -2.45. The second kappa shape index (κ2) is 8.91. The smallest absolute Gasteiger partial charge is 0.335 e. The summed E-state index contributed by atoms with van der Waals surface area (Å²) >= 11 is 0. The molecule has 1 aliphatic heterocycles. The molecule has 0 unspecified atom stereocenters. The lowest BCUT2D eigenvalue weighted by molar-refractivity contribution is -0.128. The van der Waals surface area contributed by atoms with E-state index >= 15 is 0 Å². The molecule has 1 amide bonds. The minimum absolute atomic E-state index is 0.0409. The van der Waals surface area contributed by atoms with Gasteiger partial charge in [-0.25, -0.2) is 4.79 Å². The molecular weight excluding hydrogens is 354 g/mol. The zero-order valence-electron chi connectivity index (χ0n) is 16.6. The first kappa shape index (κ1) is 20.6. The summed E-state index contributed by atoms with van der Waals surface area (Å²) in [5, 5.41) is 19.7. The Bertz CT molecular complexity index is 721. The average Bonchev–Trinajstić information content (AvgIpc) is 3.01.